The quantitative estimate of drug-likeness (QED) is 0.648. The SMILES string of the molecule is Clc1ccc(N[C@H]2c3cccn3-c3c(Cl)ncnc3N3CCC[C@@H]23)cc1. The molecule has 5 nitrogen and oxygen atoms in total. The van der Waals surface area contributed by atoms with E-state index in [-0.39, 0.29) is 6.04 Å². The van der Waals surface area contributed by atoms with Crippen LogP contribution in [0.1, 0.15) is 24.6 Å². The fraction of sp³-hybridized carbons (Fsp3) is 0.263. The highest BCUT2D eigenvalue weighted by molar-refractivity contribution is 6.31. The zero-order chi connectivity index (χ0) is 17.7. The van der Waals surface area contributed by atoms with Gasteiger partial charge in [0.15, 0.2) is 11.0 Å². The Morgan fingerprint density at radius 3 is 2.77 bits per heavy atom. The Balaban J connectivity index is 1.66. The molecule has 0 amide bonds. The lowest BCUT2D eigenvalue weighted by Gasteiger charge is -2.31. The Morgan fingerprint density at radius 1 is 1.08 bits per heavy atom. The van der Waals surface area contributed by atoms with Crippen LogP contribution in [0.5, 0.6) is 0 Å². The Kier molecular flexibility index (Phi) is 3.80. The summed E-state index contributed by atoms with van der Waals surface area (Å²) in [4.78, 5) is 11.2. The van der Waals surface area contributed by atoms with Crippen molar-refractivity contribution < 1.29 is 0 Å². The van der Waals surface area contributed by atoms with Crippen LogP contribution in [0.15, 0.2) is 48.9 Å². The van der Waals surface area contributed by atoms with Gasteiger partial charge < -0.3 is 14.8 Å². The van der Waals surface area contributed by atoms with Crippen molar-refractivity contribution >= 4 is 34.7 Å². The zero-order valence-electron chi connectivity index (χ0n) is 13.9. The summed E-state index contributed by atoms with van der Waals surface area (Å²) < 4.78 is 2.11. The molecule has 0 unspecified atom stereocenters. The minimum Gasteiger partial charge on any atom is -0.375 e. The minimum absolute atomic E-state index is 0.110. The lowest BCUT2D eigenvalue weighted by atomic mass is 10.0. The minimum atomic E-state index is 0.110. The van der Waals surface area contributed by atoms with E-state index in [0.717, 1.165) is 47.3 Å². The third-order valence-electron chi connectivity index (χ3n) is 5.22. The van der Waals surface area contributed by atoms with Gasteiger partial charge in [-0.25, -0.2) is 9.97 Å². The van der Waals surface area contributed by atoms with Crippen LogP contribution in [0, 0.1) is 0 Å². The molecule has 2 aliphatic rings. The number of benzene rings is 1. The molecule has 2 atom stereocenters. The number of nitrogens with zero attached hydrogens (tertiary/aromatic N) is 4. The highest BCUT2D eigenvalue weighted by atomic mass is 35.5. The van der Waals surface area contributed by atoms with Gasteiger partial charge in [-0.3, -0.25) is 0 Å². The van der Waals surface area contributed by atoms with E-state index >= 15 is 0 Å². The van der Waals surface area contributed by atoms with E-state index in [1.807, 2.05) is 36.5 Å². The van der Waals surface area contributed by atoms with Gasteiger partial charge in [0.2, 0.25) is 0 Å². The molecule has 1 saturated heterocycles. The summed E-state index contributed by atoms with van der Waals surface area (Å²) in [7, 11) is 0. The Labute approximate surface area is 161 Å². The molecule has 0 spiro atoms. The van der Waals surface area contributed by atoms with Gasteiger partial charge >= 0.3 is 0 Å². The van der Waals surface area contributed by atoms with Gasteiger partial charge in [0.05, 0.1) is 12.1 Å². The van der Waals surface area contributed by atoms with Crippen molar-refractivity contribution in [2.24, 2.45) is 0 Å². The average Bonchev–Trinajstić information content (AvgIpc) is 3.29. The van der Waals surface area contributed by atoms with E-state index in [1.165, 1.54) is 0 Å². The molecule has 26 heavy (non-hydrogen) atoms. The van der Waals surface area contributed by atoms with Crippen LogP contribution >= 0.6 is 23.2 Å². The third kappa shape index (κ3) is 2.46. The predicted octanol–water partition coefficient (Wildman–Crippen LogP) is 4.71. The van der Waals surface area contributed by atoms with Crippen LogP contribution < -0.4 is 10.2 Å². The number of nitrogens with one attached hydrogen (secondary N) is 1. The smallest absolute Gasteiger partial charge is 0.158 e. The fourth-order valence-corrected chi connectivity index (χ4v) is 4.46. The van der Waals surface area contributed by atoms with Crippen LogP contribution in [-0.4, -0.2) is 27.1 Å². The molecule has 2 aliphatic heterocycles. The van der Waals surface area contributed by atoms with Gasteiger partial charge in [0.1, 0.15) is 12.0 Å². The molecule has 7 heteroatoms. The van der Waals surface area contributed by atoms with Crippen molar-refractivity contribution in [3.05, 3.63) is 64.8 Å². The maximum Gasteiger partial charge on any atom is 0.158 e. The molecule has 5 rings (SSSR count). The summed E-state index contributed by atoms with van der Waals surface area (Å²) in [5.74, 6) is 0.908. The van der Waals surface area contributed by atoms with Crippen molar-refractivity contribution in [2.75, 3.05) is 16.8 Å². The first-order chi connectivity index (χ1) is 12.7. The maximum absolute atomic E-state index is 6.48. The number of halogens is 2. The topological polar surface area (TPSA) is 46.0 Å². The van der Waals surface area contributed by atoms with Crippen molar-refractivity contribution in [1.29, 1.82) is 0 Å². The van der Waals surface area contributed by atoms with E-state index in [4.69, 9.17) is 23.2 Å². The second-order valence-electron chi connectivity index (χ2n) is 6.67. The molecule has 4 heterocycles. The number of anilines is 2. The first kappa shape index (κ1) is 16.0. The van der Waals surface area contributed by atoms with Crippen LogP contribution in [0.4, 0.5) is 11.5 Å². The third-order valence-corrected chi connectivity index (χ3v) is 5.75. The largest absolute Gasteiger partial charge is 0.375 e. The van der Waals surface area contributed by atoms with Gasteiger partial charge in [-0.05, 0) is 49.2 Å². The van der Waals surface area contributed by atoms with E-state index in [0.29, 0.717) is 11.2 Å². The van der Waals surface area contributed by atoms with Crippen LogP contribution in [-0.2, 0) is 0 Å². The Hall–Kier alpha value is -2.24. The molecular weight excluding hydrogens is 369 g/mol. The summed E-state index contributed by atoms with van der Waals surface area (Å²) in [5.41, 5.74) is 3.07. The standard InChI is InChI=1S/C19H17Cl2N5/c20-12-5-7-13(8-6-12)24-16-14-3-1-9-25(14)17-18(21)22-11-23-19(17)26-10-2-4-15(16)26/h1,3,5-9,11,15-16,24H,2,4,10H2/t15-,16-/m0/s1. The number of hydrogen-bond donors (Lipinski definition) is 1. The van der Waals surface area contributed by atoms with Crippen molar-refractivity contribution in [2.45, 2.75) is 24.9 Å². The number of aromatic nitrogens is 3. The molecule has 1 aromatic carbocycles. The van der Waals surface area contributed by atoms with E-state index in [1.54, 1.807) is 6.33 Å². The first-order valence-electron chi connectivity index (χ1n) is 8.69. The second-order valence-corrected chi connectivity index (χ2v) is 7.47. The summed E-state index contributed by atoms with van der Waals surface area (Å²) in [6.07, 6.45) is 5.80. The number of fused-ring (bicyclic) bond motifs is 5. The lowest BCUT2D eigenvalue weighted by molar-refractivity contribution is 0.565. The van der Waals surface area contributed by atoms with Crippen LogP contribution in [0.25, 0.3) is 5.69 Å². The molecule has 1 N–H and O–H groups in total. The average molecular weight is 386 g/mol. The molecule has 1 fully saturated rings. The number of hydrogen-bond acceptors (Lipinski definition) is 4. The lowest BCUT2D eigenvalue weighted by Crippen LogP contribution is -2.37. The van der Waals surface area contributed by atoms with Crippen molar-refractivity contribution in [3.63, 3.8) is 0 Å². The van der Waals surface area contributed by atoms with Crippen LogP contribution in [0.2, 0.25) is 10.2 Å². The second kappa shape index (κ2) is 6.18. The summed E-state index contributed by atoms with van der Waals surface area (Å²) >= 11 is 12.5. The van der Waals surface area contributed by atoms with Crippen molar-refractivity contribution in [3.8, 4) is 5.69 Å². The highest BCUT2D eigenvalue weighted by Gasteiger charge is 2.39. The molecule has 3 aromatic rings. The summed E-state index contributed by atoms with van der Waals surface area (Å²) in [6.45, 7) is 0.967. The van der Waals surface area contributed by atoms with E-state index in [2.05, 4.69) is 30.8 Å². The Bertz CT molecular complexity index is 953. The first-order valence-corrected chi connectivity index (χ1v) is 9.45. The zero-order valence-corrected chi connectivity index (χ0v) is 15.5. The number of rotatable bonds is 2. The molecule has 2 aromatic heterocycles. The molecular formula is C19H17Cl2N5. The summed E-state index contributed by atoms with van der Waals surface area (Å²) in [6, 6.07) is 12.4. The van der Waals surface area contributed by atoms with Gasteiger partial charge in [-0.15, -0.1) is 0 Å². The molecule has 0 radical (unpaired) electrons. The summed E-state index contributed by atoms with van der Waals surface area (Å²) in [5, 5.41) is 4.91. The van der Waals surface area contributed by atoms with E-state index < -0.39 is 0 Å². The van der Waals surface area contributed by atoms with Gasteiger partial charge in [0.25, 0.3) is 0 Å². The van der Waals surface area contributed by atoms with Crippen molar-refractivity contribution in [1.82, 2.24) is 14.5 Å². The van der Waals surface area contributed by atoms with Crippen LogP contribution in [0.3, 0.4) is 0 Å². The highest BCUT2D eigenvalue weighted by Crippen LogP contribution is 2.42. The van der Waals surface area contributed by atoms with Gasteiger partial charge in [-0.1, -0.05) is 23.2 Å². The maximum atomic E-state index is 6.48. The normalized spacial score (nSPS) is 20.9. The fourth-order valence-electron chi connectivity index (χ4n) is 4.11. The van der Waals surface area contributed by atoms with Gasteiger partial charge in [-0.2, -0.15) is 0 Å². The molecule has 0 saturated carbocycles. The molecule has 132 valence electrons. The monoisotopic (exact) mass is 385 g/mol. The Morgan fingerprint density at radius 2 is 1.92 bits per heavy atom. The molecule has 0 bridgehead atoms. The van der Waals surface area contributed by atoms with E-state index in [9.17, 15) is 0 Å². The molecule has 0 aliphatic carbocycles. The predicted molar refractivity (Wildman–Crippen MR) is 105 cm³/mol. The van der Waals surface area contributed by atoms with Gasteiger partial charge in [0, 0.05) is 29.1 Å².